The molecule has 2 heterocycles. The first-order chi connectivity index (χ1) is 10.4. The van der Waals surface area contributed by atoms with Crippen LogP contribution in [0.5, 0.6) is 0 Å². The van der Waals surface area contributed by atoms with Gasteiger partial charge >= 0.3 is 6.03 Å². The number of nitrogens with one attached hydrogen (secondary N) is 2. The molecule has 120 valence electrons. The number of morpholine rings is 1. The lowest BCUT2D eigenvalue weighted by molar-refractivity contribution is -0.00545. The molecule has 0 spiro atoms. The molecule has 2 N–H and O–H groups in total. The fraction of sp³-hybridized carbons (Fsp3) is 0.467. The number of hydrogen-bond acceptors (Lipinski definition) is 4. The lowest BCUT2D eigenvalue weighted by Crippen LogP contribution is -2.45. The van der Waals surface area contributed by atoms with E-state index in [4.69, 9.17) is 4.74 Å². The molecular formula is C15H21BrN4O2. The van der Waals surface area contributed by atoms with E-state index in [0.29, 0.717) is 16.7 Å². The van der Waals surface area contributed by atoms with Crippen molar-refractivity contribution in [2.24, 2.45) is 0 Å². The summed E-state index contributed by atoms with van der Waals surface area (Å²) in [6.45, 7) is 9.78. The number of halogens is 1. The van der Waals surface area contributed by atoms with E-state index in [1.807, 2.05) is 12.1 Å². The van der Waals surface area contributed by atoms with E-state index in [1.165, 1.54) is 0 Å². The Hall–Kier alpha value is -1.60. The van der Waals surface area contributed by atoms with Crippen LogP contribution in [0.4, 0.5) is 16.3 Å². The highest BCUT2D eigenvalue weighted by Gasteiger charge is 2.22. The molecule has 0 aromatic carbocycles. The normalized spacial score (nSPS) is 21.3. The molecule has 2 rings (SSSR count). The number of anilines is 2. The molecule has 0 saturated carbocycles. The third-order valence-corrected chi connectivity index (χ3v) is 3.47. The zero-order valence-electron chi connectivity index (χ0n) is 12.8. The summed E-state index contributed by atoms with van der Waals surface area (Å²) < 4.78 is 6.43. The van der Waals surface area contributed by atoms with Gasteiger partial charge in [0, 0.05) is 17.6 Å². The lowest BCUT2D eigenvalue weighted by atomic mass is 10.2. The largest absolute Gasteiger partial charge is 0.372 e. The maximum absolute atomic E-state index is 11.7. The van der Waals surface area contributed by atoms with Gasteiger partial charge < -0.3 is 20.3 Å². The minimum atomic E-state index is -0.288. The average Bonchev–Trinajstić information content (AvgIpc) is 2.45. The third kappa shape index (κ3) is 4.99. The van der Waals surface area contributed by atoms with Crippen molar-refractivity contribution >= 4 is 33.5 Å². The van der Waals surface area contributed by atoms with Gasteiger partial charge in [-0.1, -0.05) is 22.5 Å². The molecule has 1 aromatic heterocycles. The van der Waals surface area contributed by atoms with E-state index < -0.39 is 0 Å². The molecule has 2 atom stereocenters. The zero-order chi connectivity index (χ0) is 16.1. The van der Waals surface area contributed by atoms with E-state index in [9.17, 15) is 4.79 Å². The predicted molar refractivity (Wildman–Crippen MR) is 91.5 cm³/mol. The number of amides is 2. The topological polar surface area (TPSA) is 66.5 Å². The van der Waals surface area contributed by atoms with Crippen molar-refractivity contribution in [1.29, 1.82) is 0 Å². The molecule has 0 radical (unpaired) electrons. The molecule has 1 saturated heterocycles. The van der Waals surface area contributed by atoms with Gasteiger partial charge in [0.2, 0.25) is 0 Å². The van der Waals surface area contributed by atoms with Crippen molar-refractivity contribution in [3.8, 4) is 0 Å². The summed E-state index contributed by atoms with van der Waals surface area (Å²) in [7, 11) is 0. The van der Waals surface area contributed by atoms with Crippen LogP contribution in [0.1, 0.15) is 13.8 Å². The van der Waals surface area contributed by atoms with E-state index in [1.54, 1.807) is 6.20 Å². The number of hydrogen-bond donors (Lipinski definition) is 2. The van der Waals surface area contributed by atoms with Crippen molar-refractivity contribution in [3.63, 3.8) is 0 Å². The van der Waals surface area contributed by atoms with Gasteiger partial charge in [0.05, 0.1) is 30.6 Å². The highest BCUT2D eigenvalue weighted by Crippen LogP contribution is 2.19. The van der Waals surface area contributed by atoms with E-state index in [-0.39, 0.29) is 18.2 Å². The van der Waals surface area contributed by atoms with Crippen LogP contribution in [0.25, 0.3) is 0 Å². The molecule has 2 unspecified atom stereocenters. The van der Waals surface area contributed by atoms with Gasteiger partial charge in [-0.05, 0) is 26.0 Å². The summed E-state index contributed by atoms with van der Waals surface area (Å²) >= 11 is 3.19. The first-order valence-corrected chi connectivity index (χ1v) is 7.98. The Balaban J connectivity index is 1.92. The number of aromatic nitrogens is 1. The second-order valence-electron chi connectivity index (χ2n) is 5.39. The van der Waals surface area contributed by atoms with Crippen molar-refractivity contribution in [3.05, 3.63) is 29.4 Å². The Kier molecular flexibility index (Phi) is 5.79. The third-order valence-electron chi connectivity index (χ3n) is 3.19. The van der Waals surface area contributed by atoms with E-state index >= 15 is 0 Å². The number of urea groups is 1. The Bertz CT molecular complexity index is 525. The molecule has 6 nitrogen and oxygen atoms in total. The quantitative estimate of drug-likeness (QED) is 0.857. The minimum Gasteiger partial charge on any atom is -0.372 e. The van der Waals surface area contributed by atoms with Crippen LogP contribution >= 0.6 is 15.9 Å². The van der Waals surface area contributed by atoms with Crippen molar-refractivity contribution in [2.75, 3.05) is 29.9 Å². The smallest absolute Gasteiger partial charge is 0.319 e. The summed E-state index contributed by atoms with van der Waals surface area (Å²) in [5, 5.41) is 5.40. The predicted octanol–water partition coefficient (Wildman–Crippen LogP) is 2.73. The molecule has 0 bridgehead atoms. The molecule has 1 aromatic rings. The van der Waals surface area contributed by atoms with Gasteiger partial charge in [-0.15, -0.1) is 0 Å². The number of carbonyl (C=O) groups is 1. The van der Waals surface area contributed by atoms with Crippen LogP contribution in [0.2, 0.25) is 0 Å². The zero-order valence-corrected chi connectivity index (χ0v) is 14.4. The fourth-order valence-corrected chi connectivity index (χ4v) is 2.50. The summed E-state index contributed by atoms with van der Waals surface area (Å²) in [4.78, 5) is 18.3. The molecule has 1 aliphatic heterocycles. The molecule has 22 heavy (non-hydrogen) atoms. The van der Waals surface area contributed by atoms with Gasteiger partial charge in [-0.2, -0.15) is 0 Å². The Morgan fingerprint density at radius 3 is 2.68 bits per heavy atom. The van der Waals surface area contributed by atoms with Crippen LogP contribution < -0.4 is 15.5 Å². The van der Waals surface area contributed by atoms with Crippen LogP contribution in [0, 0.1) is 0 Å². The van der Waals surface area contributed by atoms with Crippen LogP contribution in [0.15, 0.2) is 29.4 Å². The highest BCUT2D eigenvalue weighted by atomic mass is 79.9. The number of pyridine rings is 1. The highest BCUT2D eigenvalue weighted by molar-refractivity contribution is 9.11. The van der Waals surface area contributed by atoms with Gasteiger partial charge in [0.1, 0.15) is 5.82 Å². The molecule has 0 aliphatic carbocycles. The second-order valence-corrected chi connectivity index (χ2v) is 6.51. The molecule has 1 fully saturated rings. The van der Waals surface area contributed by atoms with Crippen molar-refractivity contribution in [2.45, 2.75) is 26.1 Å². The summed E-state index contributed by atoms with van der Waals surface area (Å²) in [5.41, 5.74) is 0.649. The molecule has 7 heteroatoms. The Labute approximate surface area is 139 Å². The first-order valence-electron chi connectivity index (χ1n) is 7.18. The van der Waals surface area contributed by atoms with Crippen molar-refractivity contribution < 1.29 is 9.53 Å². The van der Waals surface area contributed by atoms with Gasteiger partial charge in [0.25, 0.3) is 0 Å². The van der Waals surface area contributed by atoms with Crippen LogP contribution in [-0.4, -0.2) is 42.9 Å². The number of carbonyl (C=O) groups excluding carboxylic acids is 1. The molecule has 2 amide bonds. The SMILES string of the molecule is C=C(Br)CNC(=O)Nc1ccc(N2CC(C)OC(C)C2)nc1. The van der Waals surface area contributed by atoms with E-state index in [0.717, 1.165) is 18.9 Å². The number of rotatable bonds is 4. The lowest BCUT2D eigenvalue weighted by Gasteiger charge is -2.36. The second kappa shape index (κ2) is 7.60. The van der Waals surface area contributed by atoms with E-state index in [2.05, 4.69) is 56.9 Å². The molecular weight excluding hydrogens is 348 g/mol. The standard InChI is InChI=1S/C15H21BrN4O2/c1-10(16)6-18-15(21)19-13-4-5-14(17-7-13)20-8-11(2)22-12(3)9-20/h4-5,7,11-12H,1,6,8-9H2,2-3H3,(H2,18,19,21). The molecule has 1 aliphatic rings. The maximum atomic E-state index is 11.7. The summed E-state index contributed by atoms with van der Waals surface area (Å²) in [6, 6.07) is 3.46. The minimum absolute atomic E-state index is 0.187. The average molecular weight is 369 g/mol. The summed E-state index contributed by atoms with van der Waals surface area (Å²) in [6.07, 6.45) is 2.03. The monoisotopic (exact) mass is 368 g/mol. The number of ether oxygens (including phenoxy) is 1. The Morgan fingerprint density at radius 1 is 1.45 bits per heavy atom. The maximum Gasteiger partial charge on any atom is 0.319 e. The van der Waals surface area contributed by atoms with Crippen molar-refractivity contribution in [1.82, 2.24) is 10.3 Å². The summed E-state index contributed by atoms with van der Waals surface area (Å²) in [5.74, 6) is 0.891. The fourth-order valence-electron chi connectivity index (χ4n) is 2.36. The van der Waals surface area contributed by atoms with Gasteiger partial charge in [-0.25, -0.2) is 9.78 Å². The first kappa shape index (κ1) is 16.8. The van der Waals surface area contributed by atoms with Crippen LogP contribution in [0.3, 0.4) is 0 Å². The van der Waals surface area contributed by atoms with Gasteiger partial charge in [0.15, 0.2) is 0 Å². The van der Waals surface area contributed by atoms with Gasteiger partial charge in [-0.3, -0.25) is 0 Å². The number of nitrogens with zero attached hydrogens (tertiary/aromatic N) is 2. The van der Waals surface area contributed by atoms with Crippen LogP contribution in [-0.2, 0) is 4.74 Å². The Morgan fingerprint density at radius 2 is 2.14 bits per heavy atom.